The van der Waals surface area contributed by atoms with Gasteiger partial charge in [0.1, 0.15) is 12.6 Å². The van der Waals surface area contributed by atoms with Crippen molar-refractivity contribution in [3.05, 3.63) is 97.4 Å². The number of carbonyl (C=O) groups is 2. The van der Waals surface area contributed by atoms with E-state index in [0.29, 0.717) is 0 Å². The molecule has 0 spiro atoms. The van der Waals surface area contributed by atoms with Gasteiger partial charge in [-0.05, 0) is 56.2 Å². The molecule has 220 valence electrons. The van der Waals surface area contributed by atoms with Crippen molar-refractivity contribution in [1.29, 1.82) is 0 Å². The molecule has 0 aromatic heterocycles. The van der Waals surface area contributed by atoms with Crippen molar-refractivity contribution in [3.8, 4) is 0 Å². The largest absolute Gasteiger partial charge is 0.350 e. The number of amides is 2. The van der Waals surface area contributed by atoms with Crippen molar-refractivity contribution in [1.82, 2.24) is 10.2 Å². The van der Waals surface area contributed by atoms with Crippen molar-refractivity contribution in [2.24, 2.45) is 0 Å². The van der Waals surface area contributed by atoms with E-state index in [1.54, 1.807) is 0 Å². The minimum absolute atomic E-state index is 0.00178. The highest BCUT2D eigenvalue weighted by atomic mass is 79.9. The molecule has 2 amide bonds. The quantitative estimate of drug-likeness (QED) is 0.238. The second-order valence-electron chi connectivity index (χ2n) is 10.6. The van der Waals surface area contributed by atoms with Gasteiger partial charge in [-0.3, -0.25) is 13.9 Å². The van der Waals surface area contributed by atoms with Gasteiger partial charge in [0, 0.05) is 23.0 Å². The molecule has 0 aliphatic carbocycles. The highest BCUT2D eigenvalue weighted by Gasteiger charge is 2.35. The maximum Gasteiger partial charge on any atom is 0.244 e. The monoisotopic (exact) mass is 701 g/mol. The molecule has 0 fully saturated rings. The van der Waals surface area contributed by atoms with Gasteiger partial charge in [0.2, 0.25) is 21.8 Å². The van der Waals surface area contributed by atoms with E-state index in [9.17, 15) is 18.0 Å². The molecule has 12 heteroatoms. The average molecular weight is 704 g/mol. The summed E-state index contributed by atoms with van der Waals surface area (Å²) >= 11 is 22.1. The maximum atomic E-state index is 14.2. The summed E-state index contributed by atoms with van der Waals surface area (Å²) in [7, 11) is -4.02. The Morgan fingerprint density at radius 2 is 1.51 bits per heavy atom. The first kappa shape index (κ1) is 33.2. The predicted octanol–water partition coefficient (Wildman–Crippen LogP) is 6.73. The molecular weight excluding hydrogens is 673 g/mol. The van der Waals surface area contributed by atoms with E-state index in [2.05, 4.69) is 21.2 Å². The van der Waals surface area contributed by atoms with Gasteiger partial charge < -0.3 is 10.2 Å². The molecule has 3 aromatic rings. The molecule has 0 aliphatic heterocycles. The van der Waals surface area contributed by atoms with Gasteiger partial charge in [0.05, 0.1) is 27.0 Å². The number of hydrogen-bond acceptors (Lipinski definition) is 4. The predicted molar refractivity (Wildman–Crippen MR) is 170 cm³/mol. The number of carbonyl (C=O) groups excluding carboxylic acids is 2. The standard InChI is InChI=1S/C29H31BrCl3N3O4S/c1-29(2,3)34-28(38)26(14-19-9-6-5-7-10-19)35(17-20-11-8-12-21(30)13-20)27(37)18-36(41(4,39)40)25-16-23(32)22(31)15-24(25)33/h5-13,15-16,26H,14,17-18H2,1-4H3,(H,34,38). The summed E-state index contributed by atoms with van der Waals surface area (Å²) in [6.07, 6.45) is 1.17. The summed E-state index contributed by atoms with van der Waals surface area (Å²) in [5, 5.41) is 3.20. The van der Waals surface area contributed by atoms with Crippen LogP contribution in [0.15, 0.2) is 71.2 Å². The van der Waals surface area contributed by atoms with Crippen molar-refractivity contribution in [3.63, 3.8) is 0 Å². The van der Waals surface area contributed by atoms with Crippen molar-refractivity contribution < 1.29 is 18.0 Å². The van der Waals surface area contributed by atoms with Crippen LogP contribution in [0.25, 0.3) is 0 Å². The summed E-state index contributed by atoms with van der Waals surface area (Å²) in [6, 6.07) is 18.3. The number of hydrogen-bond donors (Lipinski definition) is 1. The molecule has 0 aliphatic rings. The molecule has 3 aromatic carbocycles. The van der Waals surface area contributed by atoms with Crippen molar-refractivity contribution in [2.75, 3.05) is 17.1 Å². The van der Waals surface area contributed by atoms with E-state index in [-0.39, 0.29) is 39.6 Å². The molecule has 0 saturated carbocycles. The third-order valence-corrected chi connectivity index (χ3v) is 8.59. The zero-order valence-corrected chi connectivity index (χ0v) is 27.7. The van der Waals surface area contributed by atoms with E-state index in [4.69, 9.17) is 34.8 Å². The van der Waals surface area contributed by atoms with E-state index in [1.807, 2.05) is 75.4 Å². The average Bonchev–Trinajstić information content (AvgIpc) is 2.86. The van der Waals surface area contributed by atoms with Gasteiger partial charge in [0.15, 0.2) is 0 Å². The lowest BCUT2D eigenvalue weighted by atomic mass is 10.0. The molecule has 0 saturated heterocycles. The van der Waals surface area contributed by atoms with E-state index in [0.717, 1.165) is 26.2 Å². The van der Waals surface area contributed by atoms with Gasteiger partial charge in [-0.2, -0.15) is 0 Å². The fraction of sp³-hybridized carbons (Fsp3) is 0.310. The smallest absolute Gasteiger partial charge is 0.244 e. The Morgan fingerprint density at radius 1 is 0.902 bits per heavy atom. The summed E-state index contributed by atoms with van der Waals surface area (Å²) in [6.45, 7) is 4.96. The first-order valence-electron chi connectivity index (χ1n) is 12.6. The number of halogens is 4. The van der Waals surface area contributed by atoms with Gasteiger partial charge in [0.25, 0.3) is 0 Å². The molecule has 0 radical (unpaired) electrons. The highest BCUT2D eigenvalue weighted by Crippen LogP contribution is 2.35. The number of rotatable bonds is 10. The van der Waals surface area contributed by atoms with E-state index in [1.165, 1.54) is 17.0 Å². The lowest BCUT2D eigenvalue weighted by Crippen LogP contribution is -2.56. The SMILES string of the molecule is CC(C)(C)NC(=O)C(Cc1ccccc1)N(Cc1cccc(Br)c1)C(=O)CN(c1cc(Cl)c(Cl)cc1Cl)S(C)(=O)=O. The highest BCUT2D eigenvalue weighted by molar-refractivity contribution is 9.10. The third-order valence-electron chi connectivity index (χ3n) is 5.95. The fourth-order valence-electron chi connectivity index (χ4n) is 4.14. The Hall–Kier alpha value is -2.30. The summed E-state index contributed by atoms with van der Waals surface area (Å²) in [5.41, 5.74) is 0.995. The second kappa shape index (κ2) is 13.8. The molecule has 1 unspecified atom stereocenters. The summed E-state index contributed by atoms with van der Waals surface area (Å²) < 4.78 is 27.6. The Kier molecular flexibility index (Phi) is 11.2. The Bertz CT molecular complexity index is 1520. The van der Waals surface area contributed by atoms with Crippen LogP contribution < -0.4 is 9.62 Å². The summed E-state index contributed by atoms with van der Waals surface area (Å²) in [5.74, 6) is -0.981. The Balaban J connectivity index is 2.12. The molecule has 41 heavy (non-hydrogen) atoms. The van der Waals surface area contributed by atoms with Crippen LogP contribution in [0, 0.1) is 0 Å². The molecule has 1 atom stereocenters. The van der Waals surface area contributed by atoms with Gasteiger partial charge >= 0.3 is 0 Å². The van der Waals surface area contributed by atoms with Crippen molar-refractivity contribution in [2.45, 2.75) is 45.3 Å². The lowest BCUT2D eigenvalue weighted by Gasteiger charge is -2.35. The summed E-state index contributed by atoms with van der Waals surface area (Å²) in [4.78, 5) is 29.3. The van der Waals surface area contributed by atoms with Gasteiger partial charge in [-0.15, -0.1) is 0 Å². The molecule has 7 nitrogen and oxygen atoms in total. The van der Waals surface area contributed by atoms with Crippen LogP contribution in [-0.4, -0.2) is 49.5 Å². The number of nitrogens with one attached hydrogen (secondary N) is 1. The first-order valence-corrected chi connectivity index (χ1v) is 16.3. The fourth-order valence-corrected chi connectivity index (χ4v) is 6.13. The number of anilines is 1. The Labute approximate surface area is 264 Å². The third kappa shape index (κ3) is 9.61. The molecule has 0 bridgehead atoms. The Morgan fingerprint density at radius 3 is 2.10 bits per heavy atom. The topological polar surface area (TPSA) is 86.8 Å². The van der Waals surface area contributed by atoms with Crippen LogP contribution in [0.4, 0.5) is 5.69 Å². The van der Waals surface area contributed by atoms with Crippen LogP contribution in [0.1, 0.15) is 31.9 Å². The number of sulfonamides is 1. The zero-order chi connectivity index (χ0) is 30.5. The molecule has 1 N–H and O–H groups in total. The van der Waals surface area contributed by atoms with Crippen LogP contribution in [-0.2, 0) is 32.6 Å². The minimum atomic E-state index is -4.02. The molecule has 0 heterocycles. The van der Waals surface area contributed by atoms with Crippen LogP contribution >= 0.6 is 50.7 Å². The van der Waals surface area contributed by atoms with E-state index >= 15 is 0 Å². The van der Waals surface area contributed by atoms with Crippen LogP contribution in [0.5, 0.6) is 0 Å². The van der Waals surface area contributed by atoms with Crippen LogP contribution in [0.2, 0.25) is 15.1 Å². The van der Waals surface area contributed by atoms with Crippen molar-refractivity contribution >= 4 is 78.3 Å². The first-order chi connectivity index (χ1) is 19.0. The molecule has 3 rings (SSSR count). The maximum absolute atomic E-state index is 14.2. The van der Waals surface area contributed by atoms with Crippen LogP contribution in [0.3, 0.4) is 0 Å². The van der Waals surface area contributed by atoms with Gasteiger partial charge in [-0.1, -0.05) is 93.2 Å². The molecular formula is C29H31BrCl3N3O4S. The second-order valence-corrected chi connectivity index (χ2v) is 14.6. The van der Waals surface area contributed by atoms with E-state index < -0.39 is 34.1 Å². The normalized spacial score (nSPS) is 12.5. The zero-order valence-electron chi connectivity index (χ0n) is 23.0. The van der Waals surface area contributed by atoms with Gasteiger partial charge in [-0.25, -0.2) is 8.42 Å². The number of benzene rings is 3. The number of nitrogens with zero attached hydrogens (tertiary/aromatic N) is 2. The minimum Gasteiger partial charge on any atom is -0.350 e. The lowest BCUT2D eigenvalue weighted by molar-refractivity contribution is -0.140.